The van der Waals surface area contributed by atoms with E-state index in [2.05, 4.69) is 10.3 Å². The van der Waals surface area contributed by atoms with Crippen molar-refractivity contribution in [2.45, 2.75) is 31.1 Å². The third kappa shape index (κ3) is 3.34. The predicted molar refractivity (Wildman–Crippen MR) is 99.1 cm³/mol. The van der Waals surface area contributed by atoms with Crippen LogP contribution >= 0.6 is 11.3 Å². The van der Waals surface area contributed by atoms with Crippen LogP contribution in [0.5, 0.6) is 5.75 Å². The molecular formula is C17H19N3O4S2. The van der Waals surface area contributed by atoms with E-state index in [1.807, 2.05) is 0 Å². The van der Waals surface area contributed by atoms with Gasteiger partial charge in [-0.25, -0.2) is 13.4 Å². The molecule has 0 atom stereocenters. The molecule has 138 valence electrons. The van der Waals surface area contributed by atoms with Crippen molar-refractivity contribution in [3.63, 3.8) is 0 Å². The maximum absolute atomic E-state index is 12.4. The zero-order valence-corrected chi connectivity index (χ0v) is 15.9. The van der Waals surface area contributed by atoms with Gasteiger partial charge < -0.3 is 4.74 Å². The normalized spacial score (nSPS) is 17.6. The lowest BCUT2D eigenvalue weighted by molar-refractivity contribution is 0.102. The number of anilines is 1. The van der Waals surface area contributed by atoms with Crippen molar-refractivity contribution in [1.82, 2.24) is 9.29 Å². The SMILES string of the molecule is COc1cccc(C(=O)Nc2nc3c(s2)CN(S(=O)(=O)C2CC2)CC3)c1. The molecule has 2 heterocycles. The first-order valence-corrected chi connectivity index (χ1v) is 10.7. The van der Waals surface area contributed by atoms with Crippen molar-refractivity contribution in [3.05, 3.63) is 40.4 Å². The number of amides is 1. The molecule has 9 heteroatoms. The zero-order chi connectivity index (χ0) is 18.3. The van der Waals surface area contributed by atoms with E-state index in [1.165, 1.54) is 11.3 Å². The quantitative estimate of drug-likeness (QED) is 0.842. The maximum atomic E-state index is 12.4. The lowest BCUT2D eigenvalue weighted by Gasteiger charge is -2.25. The Bertz CT molecular complexity index is 951. The summed E-state index contributed by atoms with van der Waals surface area (Å²) in [6, 6.07) is 6.89. The molecule has 0 bridgehead atoms. The smallest absolute Gasteiger partial charge is 0.257 e. The fourth-order valence-corrected chi connectivity index (χ4v) is 5.86. The number of hydrogen-bond acceptors (Lipinski definition) is 6. The second-order valence-corrected chi connectivity index (χ2v) is 9.70. The van der Waals surface area contributed by atoms with Gasteiger partial charge in [-0.1, -0.05) is 6.07 Å². The van der Waals surface area contributed by atoms with E-state index in [-0.39, 0.29) is 11.2 Å². The van der Waals surface area contributed by atoms with Crippen molar-refractivity contribution >= 4 is 32.4 Å². The minimum Gasteiger partial charge on any atom is -0.497 e. The van der Waals surface area contributed by atoms with Crippen LogP contribution in [0.2, 0.25) is 0 Å². The zero-order valence-electron chi connectivity index (χ0n) is 14.3. The van der Waals surface area contributed by atoms with E-state index in [0.717, 1.165) is 23.4 Å². The molecule has 1 saturated carbocycles. The van der Waals surface area contributed by atoms with Crippen molar-refractivity contribution in [3.8, 4) is 5.75 Å². The molecular weight excluding hydrogens is 374 g/mol. The number of thiazole rings is 1. The molecule has 1 amide bonds. The third-order valence-electron chi connectivity index (χ3n) is 4.55. The highest BCUT2D eigenvalue weighted by molar-refractivity contribution is 7.90. The fraction of sp³-hybridized carbons (Fsp3) is 0.412. The number of nitrogens with one attached hydrogen (secondary N) is 1. The predicted octanol–water partition coefficient (Wildman–Crippen LogP) is 2.25. The molecule has 1 N–H and O–H groups in total. The van der Waals surface area contributed by atoms with Crippen LogP contribution < -0.4 is 10.1 Å². The van der Waals surface area contributed by atoms with Gasteiger partial charge in [0.15, 0.2) is 5.13 Å². The number of nitrogens with zero attached hydrogens (tertiary/aromatic N) is 2. The van der Waals surface area contributed by atoms with E-state index < -0.39 is 10.0 Å². The molecule has 4 rings (SSSR count). The van der Waals surface area contributed by atoms with E-state index >= 15 is 0 Å². The average molecular weight is 393 g/mol. The molecule has 1 aliphatic heterocycles. The summed E-state index contributed by atoms with van der Waals surface area (Å²) >= 11 is 1.34. The van der Waals surface area contributed by atoms with Crippen LogP contribution in [-0.2, 0) is 23.0 Å². The van der Waals surface area contributed by atoms with Crippen LogP contribution in [0.15, 0.2) is 24.3 Å². The highest BCUT2D eigenvalue weighted by atomic mass is 32.2. The maximum Gasteiger partial charge on any atom is 0.257 e. The summed E-state index contributed by atoms with van der Waals surface area (Å²) in [6.45, 7) is 0.805. The Morgan fingerprint density at radius 2 is 2.19 bits per heavy atom. The topological polar surface area (TPSA) is 88.6 Å². The summed E-state index contributed by atoms with van der Waals surface area (Å²) < 4.78 is 31.5. The average Bonchev–Trinajstić information content (AvgIpc) is 3.42. The Morgan fingerprint density at radius 1 is 1.38 bits per heavy atom. The highest BCUT2D eigenvalue weighted by Crippen LogP contribution is 2.35. The van der Waals surface area contributed by atoms with Crippen molar-refractivity contribution < 1.29 is 17.9 Å². The number of aromatic nitrogens is 1. The lowest BCUT2D eigenvalue weighted by atomic mass is 10.2. The Labute approximate surface area is 156 Å². The van der Waals surface area contributed by atoms with E-state index in [4.69, 9.17) is 4.74 Å². The molecule has 1 aromatic carbocycles. The van der Waals surface area contributed by atoms with Crippen molar-refractivity contribution in [2.75, 3.05) is 19.0 Å². The standard InChI is InChI=1S/C17H19N3O4S2/c1-24-12-4-2-3-11(9-12)16(21)19-17-18-14-7-8-20(10-15(14)25-17)26(22,23)13-5-6-13/h2-4,9,13H,5-8,10H2,1H3,(H,18,19,21). The summed E-state index contributed by atoms with van der Waals surface area (Å²) in [4.78, 5) is 17.8. The van der Waals surface area contributed by atoms with Gasteiger partial charge in [-0.3, -0.25) is 10.1 Å². The van der Waals surface area contributed by atoms with Gasteiger partial charge >= 0.3 is 0 Å². The number of hydrogen-bond donors (Lipinski definition) is 1. The van der Waals surface area contributed by atoms with Crippen LogP contribution in [0.1, 0.15) is 33.8 Å². The number of benzene rings is 1. The molecule has 2 aromatic rings. The molecule has 0 saturated heterocycles. The second kappa shape index (κ2) is 6.64. The molecule has 26 heavy (non-hydrogen) atoms. The van der Waals surface area contributed by atoms with Gasteiger partial charge in [0.05, 0.1) is 18.1 Å². The van der Waals surface area contributed by atoms with Crippen molar-refractivity contribution in [2.24, 2.45) is 0 Å². The first-order valence-electron chi connectivity index (χ1n) is 8.40. The fourth-order valence-electron chi connectivity index (χ4n) is 2.95. The number of sulfonamides is 1. The third-order valence-corrected chi connectivity index (χ3v) is 7.90. The molecule has 2 aliphatic rings. The van der Waals surface area contributed by atoms with Gasteiger partial charge in [-0.2, -0.15) is 4.31 Å². The summed E-state index contributed by atoms with van der Waals surface area (Å²) in [5.41, 5.74) is 1.36. The molecule has 1 aromatic heterocycles. The van der Waals surface area contributed by atoms with Crippen LogP contribution in [-0.4, -0.2) is 42.5 Å². The molecule has 7 nitrogen and oxygen atoms in total. The Hall–Kier alpha value is -1.97. The van der Waals surface area contributed by atoms with Gasteiger partial charge in [0.2, 0.25) is 10.0 Å². The van der Waals surface area contributed by atoms with Crippen LogP contribution in [0, 0.1) is 0 Å². The Balaban J connectivity index is 1.48. The Morgan fingerprint density at radius 3 is 2.92 bits per heavy atom. The van der Waals surface area contributed by atoms with Gasteiger partial charge in [0, 0.05) is 30.0 Å². The number of rotatable bonds is 5. The van der Waals surface area contributed by atoms with Crippen molar-refractivity contribution in [1.29, 1.82) is 0 Å². The molecule has 1 fully saturated rings. The number of carbonyl (C=O) groups is 1. The van der Waals surface area contributed by atoms with Crippen LogP contribution in [0.3, 0.4) is 0 Å². The second-order valence-electron chi connectivity index (χ2n) is 6.40. The van der Waals surface area contributed by atoms with E-state index in [1.54, 1.807) is 35.7 Å². The number of carbonyl (C=O) groups excluding carboxylic acids is 1. The molecule has 0 unspecified atom stereocenters. The summed E-state index contributed by atoms with van der Waals surface area (Å²) in [7, 11) is -1.64. The first kappa shape index (κ1) is 17.4. The van der Waals surface area contributed by atoms with Gasteiger partial charge in [-0.05, 0) is 31.0 Å². The number of ether oxygens (including phenoxy) is 1. The lowest BCUT2D eigenvalue weighted by Crippen LogP contribution is -2.37. The van der Waals surface area contributed by atoms with E-state index in [9.17, 15) is 13.2 Å². The number of methoxy groups -OCH3 is 1. The summed E-state index contributed by atoms with van der Waals surface area (Å²) in [6.07, 6.45) is 2.10. The summed E-state index contributed by atoms with van der Waals surface area (Å²) in [5.74, 6) is 0.342. The minimum absolute atomic E-state index is 0.204. The van der Waals surface area contributed by atoms with E-state index in [0.29, 0.717) is 36.0 Å². The van der Waals surface area contributed by atoms with Crippen LogP contribution in [0.4, 0.5) is 5.13 Å². The van der Waals surface area contributed by atoms with Gasteiger partial charge in [-0.15, -0.1) is 11.3 Å². The molecule has 0 spiro atoms. The monoisotopic (exact) mass is 393 g/mol. The highest BCUT2D eigenvalue weighted by Gasteiger charge is 2.41. The largest absolute Gasteiger partial charge is 0.497 e. The molecule has 0 radical (unpaired) electrons. The first-order chi connectivity index (χ1) is 12.5. The minimum atomic E-state index is -3.19. The van der Waals surface area contributed by atoms with Gasteiger partial charge in [0.1, 0.15) is 5.75 Å². The number of fused-ring (bicyclic) bond motifs is 1. The van der Waals surface area contributed by atoms with Gasteiger partial charge in [0.25, 0.3) is 5.91 Å². The molecule has 1 aliphatic carbocycles. The summed E-state index contributed by atoms with van der Waals surface area (Å²) in [5, 5.41) is 3.09. The van der Waals surface area contributed by atoms with Crippen LogP contribution in [0.25, 0.3) is 0 Å². The Kier molecular flexibility index (Phi) is 4.45.